The molecular weight excluding hydrogens is 965 g/mol. The Hall–Kier alpha value is -1.36. The second kappa shape index (κ2) is 20.4. The summed E-state index contributed by atoms with van der Waals surface area (Å²) in [6, 6.07) is 0. The molecule has 16 heteroatoms. The quantitative estimate of drug-likeness (QED) is 0.123. The molecule has 11 aliphatic rings. The van der Waals surface area contributed by atoms with Gasteiger partial charge in [-0.25, -0.2) is 0 Å². The summed E-state index contributed by atoms with van der Waals surface area (Å²) in [5.41, 5.74) is 2.17. The van der Waals surface area contributed by atoms with E-state index < -0.39 is 70.9 Å². The van der Waals surface area contributed by atoms with Gasteiger partial charge in [0.15, 0.2) is 22.4 Å². The van der Waals surface area contributed by atoms with E-state index in [1.165, 1.54) is 0 Å². The second-order valence-corrected chi connectivity index (χ2v) is 36.5. The number of rotatable bonds is 9. The molecule has 0 radical (unpaired) electrons. The first-order valence-corrected chi connectivity index (χ1v) is 34.2. The van der Waals surface area contributed by atoms with Gasteiger partial charge in [-0.15, -0.1) is 6.58 Å². The minimum Gasteiger partial charge on any atom is -0.459 e. The van der Waals surface area contributed by atoms with Crippen LogP contribution in [0.5, 0.6) is 0 Å². The second-order valence-electron chi connectivity index (χ2n) is 27.0. The molecule has 0 saturated carbocycles. The fraction of sp³-hybridized carbons (Fsp3) is 0.877. The molecule has 11 heterocycles. The lowest BCUT2D eigenvalue weighted by molar-refractivity contribution is -0.305. The molecule has 0 aromatic carbocycles. The summed E-state index contributed by atoms with van der Waals surface area (Å²) >= 11 is 0. The third-order valence-corrected chi connectivity index (χ3v) is 28.8. The minimum absolute atomic E-state index is 0.000257. The molecule has 12 unspecified atom stereocenters. The molecule has 14 nitrogen and oxygen atoms in total. The first-order chi connectivity index (χ1) is 34.3. The van der Waals surface area contributed by atoms with Gasteiger partial charge in [0.05, 0.1) is 86.6 Å². The van der Waals surface area contributed by atoms with Gasteiger partial charge in [0.2, 0.25) is 5.79 Å². The van der Waals surface area contributed by atoms with E-state index in [4.69, 9.17) is 61.0 Å². The molecule has 0 aromatic heterocycles. The molecule has 21 atom stereocenters. The highest BCUT2D eigenvalue weighted by Crippen LogP contribution is 2.59. The number of carbonyl (C=O) groups excluding carboxylic acids is 1. The Bertz CT molecular complexity index is 2050. The monoisotopic (exact) mass is 1060 g/mol. The maximum atomic E-state index is 14.7. The van der Waals surface area contributed by atoms with Gasteiger partial charge in [-0.2, -0.15) is 0 Å². The Labute approximate surface area is 439 Å². The van der Waals surface area contributed by atoms with Crippen molar-refractivity contribution in [3.8, 4) is 0 Å². The molecular formula is C57H92O14Si2. The Kier molecular flexibility index (Phi) is 15.4. The van der Waals surface area contributed by atoms with Gasteiger partial charge in [0.1, 0.15) is 36.6 Å². The maximum Gasteiger partial charge on any atom is 0.308 e. The summed E-state index contributed by atoms with van der Waals surface area (Å²) in [4.78, 5) is 14.7. The molecule has 11 rings (SSSR count). The van der Waals surface area contributed by atoms with E-state index in [1.54, 1.807) is 6.08 Å². The summed E-state index contributed by atoms with van der Waals surface area (Å²) in [5, 5.41) is 0.0820. The lowest BCUT2D eigenvalue weighted by Gasteiger charge is -2.53. The molecule has 11 aliphatic heterocycles. The molecule has 0 amide bonds. The SMILES string of the molecule is C=CCO[C@]12C[C@]34CCC5CC(=C)C(CCC6C[C@@H](C)C(=C)C(C[C@@H]7O[C@H]8CC(O[Si](C)(C)C(C)(C)C)C(CCO[Si](C)(C)C(C)(C)C)O[C@H]8[C@H](C)C7OC(=O)CC7CC[C@@H]8OC(C(O1)C(O3)[C@H]8O7)C2O4)O6)O5. The number of fused-ring (bicyclic) bond motifs is 7. The van der Waals surface area contributed by atoms with E-state index in [1.807, 2.05) is 0 Å². The van der Waals surface area contributed by atoms with Crippen molar-refractivity contribution in [1.82, 2.24) is 0 Å². The largest absolute Gasteiger partial charge is 0.459 e. The Morgan fingerprint density at radius 1 is 0.685 bits per heavy atom. The molecule has 1 spiro atoms. The first kappa shape index (κ1) is 55.0. The number of ether oxygens (including phenoxy) is 11. The van der Waals surface area contributed by atoms with Crippen LogP contribution in [0.2, 0.25) is 36.3 Å². The van der Waals surface area contributed by atoms with Crippen molar-refractivity contribution in [2.45, 2.75) is 290 Å². The van der Waals surface area contributed by atoms with Crippen molar-refractivity contribution in [2.24, 2.45) is 11.8 Å². The van der Waals surface area contributed by atoms with Crippen molar-refractivity contribution in [3.63, 3.8) is 0 Å². The van der Waals surface area contributed by atoms with E-state index in [0.29, 0.717) is 64.6 Å². The summed E-state index contributed by atoms with van der Waals surface area (Å²) in [7, 11) is -4.26. The summed E-state index contributed by atoms with van der Waals surface area (Å²) in [6.07, 6.45) is 4.42. The maximum absolute atomic E-state index is 14.7. The lowest BCUT2D eigenvalue weighted by atomic mass is 9.79. The summed E-state index contributed by atoms with van der Waals surface area (Å²) in [5.74, 6) is -2.35. The van der Waals surface area contributed by atoms with Crippen LogP contribution in [-0.2, 0) is 65.8 Å². The highest BCUT2D eigenvalue weighted by molar-refractivity contribution is 6.74. The minimum atomic E-state index is -2.24. The van der Waals surface area contributed by atoms with Crippen LogP contribution in [0.1, 0.15) is 139 Å². The van der Waals surface area contributed by atoms with Gasteiger partial charge in [0.25, 0.3) is 0 Å². The normalized spacial score (nSPS) is 46.3. The van der Waals surface area contributed by atoms with Crippen molar-refractivity contribution in [2.75, 3.05) is 13.2 Å². The number of hydrogen-bond acceptors (Lipinski definition) is 14. The van der Waals surface area contributed by atoms with Crippen LogP contribution in [-0.4, -0.2) is 151 Å². The Balaban J connectivity index is 0.935. The van der Waals surface area contributed by atoms with Crippen LogP contribution in [0.15, 0.2) is 37.0 Å². The fourth-order valence-corrected chi connectivity index (χ4v) is 15.9. The predicted octanol–water partition coefficient (Wildman–Crippen LogP) is 10.2. The van der Waals surface area contributed by atoms with Gasteiger partial charge in [-0.05, 0) is 105 Å². The van der Waals surface area contributed by atoms with Gasteiger partial charge in [-0.3, -0.25) is 4.79 Å². The van der Waals surface area contributed by atoms with Crippen LogP contribution in [0.25, 0.3) is 0 Å². The van der Waals surface area contributed by atoms with Crippen molar-refractivity contribution >= 4 is 22.6 Å². The van der Waals surface area contributed by atoms with E-state index in [0.717, 1.165) is 36.8 Å². The van der Waals surface area contributed by atoms with Crippen molar-refractivity contribution in [3.05, 3.63) is 37.0 Å². The average molecular weight is 1060 g/mol. The fourth-order valence-electron chi connectivity index (χ4n) is 13.5. The topological polar surface area (TPSA) is 137 Å². The molecule has 0 N–H and O–H groups in total. The third-order valence-electron chi connectivity index (χ3n) is 19.8. The molecule has 0 aromatic rings. The Morgan fingerprint density at radius 3 is 2.12 bits per heavy atom. The van der Waals surface area contributed by atoms with E-state index in [2.05, 4.69) is 101 Å². The Morgan fingerprint density at radius 2 is 1.38 bits per heavy atom. The van der Waals surface area contributed by atoms with Gasteiger partial charge in [-0.1, -0.05) is 74.6 Å². The van der Waals surface area contributed by atoms with Crippen LogP contribution in [0.4, 0.5) is 0 Å². The summed E-state index contributed by atoms with van der Waals surface area (Å²) < 4.78 is 90.7. The van der Waals surface area contributed by atoms with Gasteiger partial charge >= 0.3 is 5.97 Å². The van der Waals surface area contributed by atoms with Gasteiger partial charge in [0, 0.05) is 31.8 Å². The highest BCUT2D eigenvalue weighted by Gasteiger charge is 2.75. The van der Waals surface area contributed by atoms with Crippen molar-refractivity contribution < 1.29 is 65.8 Å². The summed E-state index contributed by atoms with van der Waals surface area (Å²) in [6.45, 7) is 41.3. The molecule has 11 fully saturated rings. The number of esters is 1. The zero-order valence-corrected chi connectivity index (χ0v) is 48.5. The van der Waals surface area contributed by atoms with E-state index in [9.17, 15) is 4.79 Å². The number of hydrogen-bond donors (Lipinski definition) is 0. The van der Waals surface area contributed by atoms with Gasteiger partial charge < -0.3 is 61.0 Å². The van der Waals surface area contributed by atoms with E-state index in [-0.39, 0.29) is 95.3 Å². The third kappa shape index (κ3) is 10.7. The molecule has 12 bridgehead atoms. The first-order valence-electron chi connectivity index (χ1n) is 28.4. The smallest absolute Gasteiger partial charge is 0.308 e. The molecule has 0 aliphatic carbocycles. The van der Waals surface area contributed by atoms with Crippen molar-refractivity contribution in [1.29, 1.82) is 0 Å². The standard InChI is InChI=1S/C57H92O14Si2/c1-16-24-59-57-31-56-23-21-38-27-33(3)39(61-38)19-17-36-26-32(2)34(4)42(62-36)29-44-48(67-46(58)28-37-18-20-41-49(63-37)50(68-56)51(69-57)52(66-41)53(57)70-56)35(5)47-45(64-44)30-43(71-73(14,15)55(9,10)11)40(65-47)22-25-60-72(12,13)54(6,7)8/h16,32,35-45,47-53H,1,3-4,17-31H2,2,5-15H3/t32-,35+,36?,37?,38?,39?,40?,41+,42?,43?,44+,45+,47+,48?,49+,50?,51?,52?,53?,56-,57-/m1/s1. The predicted molar refractivity (Wildman–Crippen MR) is 280 cm³/mol. The zero-order valence-electron chi connectivity index (χ0n) is 46.5. The molecule has 11 saturated heterocycles. The van der Waals surface area contributed by atoms with Crippen LogP contribution in [0, 0.1) is 11.8 Å². The van der Waals surface area contributed by atoms with Crippen LogP contribution < -0.4 is 0 Å². The molecule has 73 heavy (non-hydrogen) atoms. The molecule has 412 valence electrons. The van der Waals surface area contributed by atoms with E-state index >= 15 is 0 Å². The van der Waals surface area contributed by atoms with Crippen LogP contribution >= 0.6 is 0 Å². The number of carbonyl (C=O) groups is 1. The van der Waals surface area contributed by atoms with Crippen LogP contribution in [0.3, 0.4) is 0 Å². The average Bonchev–Trinajstić information content (AvgIpc) is 3.86. The lowest BCUT2D eigenvalue weighted by Crippen LogP contribution is -2.63. The zero-order chi connectivity index (χ0) is 52.2. The highest BCUT2D eigenvalue weighted by atomic mass is 28.4.